The van der Waals surface area contributed by atoms with Crippen LogP contribution in [0.4, 0.5) is 11.5 Å². The van der Waals surface area contributed by atoms with E-state index in [1.54, 1.807) is 12.1 Å². The zero-order valence-electron chi connectivity index (χ0n) is 13.7. The van der Waals surface area contributed by atoms with E-state index in [-0.39, 0.29) is 11.6 Å². The summed E-state index contributed by atoms with van der Waals surface area (Å²) in [6, 6.07) is 19.1. The number of rotatable bonds is 5. The Morgan fingerprint density at radius 2 is 1.84 bits per heavy atom. The maximum Gasteiger partial charge on any atom is 0.276 e. The normalized spacial score (nSPS) is 10.3. The molecule has 0 saturated heterocycles. The highest BCUT2D eigenvalue weighted by molar-refractivity contribution is 9.10. The second-order valence-corrected chi connectivity index (χ2v) is 6.43. The van der Waals surface area contributed by atoms with Gasteiger partial charge >= 0.3 is 0 Å². The third-order valence-electron chi connectivity index (χ3n) is 3.59. The van der Waals surface area contributed by atoms with E-state index < -0.39 is 0 Å². The lowest BCUT2D eigenvalue weighted by atomic mass is 10.2. The average molecular weight is 397 g/mol. The number of aryl methyl sites for hydroxylation is 1. The number of nitrogens with zero attached hydrogens (tertiary/aromatic N) is 2. The largest absolute Gasteiger partial charge is 0.365 e. The van der Waals surface area contributed by atoms with Crippen molar-refractivity contribution in [3.63, 3.8) is 0 Å². The van der Waals surface area contributed by atoms with Crippen molar-refractivity contribution < 1.29 is 4.79 Å². The molecule has 5 nitrogen and oxygen atoms in total. The molecule has 0 bridgehead atoms. The fraction of sp³-hybridized carbons (Fsp3) is 0.105. The van der Waals surface area contributed by atoms with Crippen LogP contribution < -0.4 is 10.6 Å². The van der Waals surface area contributed by atoms with E-state index in [0.717, 1.165) is 15.6 Å². The molecule has 6 heteroatoms. The van der Waals surface area contributed by atoms with E-state index in [2.05, 4.69) is 36.8 Å². The molecule has 2 N–H and O–H groups in total. The molecule has 2 aromatic carbocycles. The minimum Gasteiger partial charge on any atom is -0.365 e. The highest BCUT2D eigenvalue weighted by atomic mass is 79.9. The standard InChI is InChI=1S/C19H17BrN4O/c1-13-7-8-16(15(20)11-13)22-19(25)17-9-10-18(24-23-17)21-12-14-5-3-2-4-6-14/h2-11H,12H2,1H3,(H,21,24)(H,22,25). The molecule has 0 aliphatic carbocycles. The second-order valence-electron chi connectivity index (χ2n) is 5.58. The Balaban J connectivity index is 1.62. The number of carbonyl (C=O) groups is 1. The van der Waals surface area contributed by atoms with Crippen LogP contribution in [-0.4, -0.2) is 16.1 Å². The molecule has 3 rings (SSSR count). The van der Waals surface area contributed by atoms with Gasteiger partial charge in [-0.1, -0.05) is 36.4 Å². The first kappa shape index (κ1) is 17.1. The molecule has 3 aromatic rings. The molecule has 1 heterocycles. The van der Waals surface area contributed by atoms with E-state index in [9.17, 15) is 4.79 Å². The topological polar surface area (TPSA) is 66.9 Å². The van der Waals surface area contributed by atoms with Crippen molar-refractivity contribution in [3.05, 3.63) is 82.0 Å². The lowest BCUT2D eigenvalue weighted by Crippen LogP contribution is -2.15. The van der Waals surface area contributed by atoms with E-state index in [1.165, 1.54) is 0 Å². The number of aromatic nitrogens is 2. The van der Waals surface area contributed by atoms with Gasteiger partial charge in [-0.2, -0.15) is 0 Å². The quantitative estimate of drug-likeness (QED) is 0.669. The summed E-state index contributed by atoms with van der Waals surface area (Å²) in [4.78, 5) is 12.3. The molecule has 1 amide bonds. The van der Waals surface area contributed by atoms with Gasteiger partial charge in [0, 0.05) is 11.0 Å². The SMILES string of the molecule is Cc1ccc(NC(=O)c2ccc(NCc3ccccc3)nn2)c(Br)c1. The maximum absolute atomic E-state index is 12.3. The number of amides is 1. The third-order valence-corrected chi connectivity index (χ3v) is 4.24. The van der Waals surface area contributed by atoms with Gasteiger partial charge in [-0.25, -0.2) is 0 Å². The summed E-state index contributed by atoms with van der Waals surface area (Å²) < 4.78 is 0.829. The van der Waals surface area contributed by atoms with Crippen molar-refractivity contribution in [1.82, 2.24) is 10.2 Å². The third kappa shape index (κ3) is 4.64. The monoisotopic (exact) mass is 396 g/mol. The van der Waals surface area contributed by atoms with E-state index in [1.807, 2.05) is 55.5 Å². The van der Waals surface area contributed by atoms with Gasteiger partial charge in [0.2, 0.25) is 0 Å². The maximum atomic E-state index is 12.3. The summed E-state index contributed by atoms with van der Waals surface area (Å²) in [5, 5.41) is 14.1. The molecule has 0 aliphatic rings. The average Bonchev–Trinajstić information content (AvgIpc) is 2.63. The summed E-state index contributed by atoms with van der Waals surface area (Å²) in [6.07, 6.45) is 0. The van der Waals surface area contributed by atoms with Crippen LogP contribution >= 0.6 is 15.9 Å². The van der Waals surface area contributed by atoms with E-state index >= 15 is 0 Å². The molecule has 0 aliphatic heterocycles. The van der Waals surface area contributed by atoms with Crippen molar-refractivity contribution in [2.45, 2.75) is 13.5 Å². The molecule has 0 atom stereocenters. The molecule has 0 radical (unpaired) electrons. The first-order valence-electron chi connectivity index (χ1n) is 7.81. The van der Waals surface area contributed by atoms with Gasteiger partial charge in [0.15, 0.2) is 5.69 Å². The molecule has 0 saturated carbocycles. The molecule has 1 aromatic heterocycles. The van der Waals surface area contributed by atoms with Crippen molar-refractivity contribution in [1.29, 1.82) is 0 Å². The summed E-state index contributed by atoms with van der Waals surface area (Å²) in [6.45, 7) is 2.64. The van der Waals surface area contributed by atoms with Crippen LogP contribution in [0.15, 0.2) is 65.1 Å². The van der Waals surface area contributed by atoms with Crippen LogP contribution in [0.5, 0.6) is 0 Å². The predicted molar refractivity (Wildman–Crippen MR) is 103 cm³/mol. The van der Waals surface area contributed by atoms with Gasteiger partial charge in [-0.05, 0) is 58.2 Å². The molecule has 126 valence electrons. The summed E-state index contributed by atoms with van der Waals surface area (Å²) in [5.41, 5.74) is 3.22. The lowest BCUT2D eigenvalue weighted by molar-refractivity contribution is 0.102. The van der Waals surface area contributed by atoms with Gasteiger partial charge in [-0.15, -0.1) is 10.2 Å². The summed E-state index contributed by atoms with van der Waals surface area (Å²) in [5.74, 6) is 0.323. The molecular formula is C19H17BrN4O. The van der Waals surface area contributed by atoms with Crippen LogP contribution in [0.25, 0.3) is 0 Å². The van der Waals surface area contributed by atoms with Crippen LogP contribution in [0.1, 0.15) is 21.6 Å². The van der Waals surface area contributed by atoms with Crippen LogP contribution in [0.3, 0.4) is 0 Å². The Bertz CT molecular complexity index is 866. The van der Waals surface area contributed by atoms with Gasteiger partial charge < -0.3 is 10.6 Å². The van der Waals surface area contributed by atoms with Gasteiger partial charge in [-0.3, -0.25) is 4.79 Å². The predicted octanol–water partition coefficient (Wildman–Crippen LogP) is 4.41. The Hall–Kier alpha value is -2.73. The Labute approximate surface area is 154 Å². The van der Waals surface area contributed by atoms with Crippen LogP contribution in [-0.2, 0) is 6.54 Å². The van der Waals surface area contributed by atoms with Gasteiger partial charge in [0.05, 0.1) is 5.69 Å². The van der Waals surface area contributed by atoms with Crippen LogP contribution in [0.2, 0.25) is 0 Å². The highest BCUT2D eigenvalue weighted by Crippen LogP contribution is 2.23. The lowest BCUT2D eigenvalue weighted by Gasteiger charge is -2.08. The smallest absolute Gasteiger partial charge is 0.276 e. The Kier molecular flexibility index (Phi) is 5.40. The zero-order valence-corrected chi connectivity index (χ0v) is 15.2. The fourth-order valence-electron chi connectivity index (χ4n) is 2.24. The Morgan fingerprint density at radius 1 is 1.04 bits per heavy atom. The van der Waals surface area contributed by atoms with Crippen LogP contribution in [0, 0.1) is 6.92 Å². The number of hydrogen-bond donors (Lipinski definition) is 2. The minimum atomic E-state index is -0.299. The first-order chi connectivity index (χ1) is 12.1. The van der Waals surface area contributed by atoms with Crippen molar-refractivity contribution in [2.24, 2.45) is 0 Å². The second kappa shape index (κ2) is 7.90. The molecule has 0 fully saturated rings. The minimum absolute atomic E-state index is 0.262. The molecular weight excluding hydrogens is 380 g/mol. The highest BCUT2D eigenvalue weighted by Gasteiger charge is 2.10. The summed E-state index contributed by atoms with van der Waals surface area (Å²) in [7, 11) is 0. The molecule has 0 spiro atoms. The Morgan fingerprint density at radius 3 is 2.52 bits per heavy atom. The first-order valence-corrected chi connectivity index (χ1v) is 8.60. The van der Waals surface area contributed by atoms with E-state index in [0.29, 0.717) is 18.1 Å². The molecule has 25 heavy (non-hydrogen) atoms. The van der Waals surface area contributed by atoms with Crippen molar-refractivity contribution >= 4 is 33.3 Å². The van der Waals surface area contributed by atoms with Gasteiger partial charge in [0.25, 0.3) is 5.91 Å². The van der Waals surface area contributed by atoms with Crippen molar-refractivity contribution in [3.8, 4) is 0 Å². The molecule has 0 unspecified atom stereocenters. The number of hydrogen-bond acceptors (Lipinski definition) is 4. The number of carbonyl (C=O) groups excluding carboxylic acids is 1. The number of anilines is 2. The van der Waals surface area contributed by atoms with Gasteiger partial charge in [0.1, 0.15) is 5.82 Å². The number of nitrogens with one attached hydrogen (secondary N) is 2. The fourth-order valence-corrected chi connectivity index (χ4v) is 2.84. The van der Waals surface area contributed by atoms with E-state index in [4.69, 9.17) is 0 Å². The summed E-state index contributed by atoms with van der Waals surface area (Å²) >= 11 is 3.44. The zero-order chi connectivity index (χ0) is 17.6. The van der Waals surface area contributed by atoms with Crippen molar-refractivity contribution in [2.75, 3.05) is 10.6 Å². The number of halogens is 1. The number of benzene rings is 2.